The van der Waals surface area contributed by atoms with E-state index in [4.69, 9.17) is 16.3 Å². The lowest BCUT2D eigenvalue weighted by atomic mass is 9.98. The van der Waals surface area contributed by atoms with Crippen molar-refractivity contribution in [2.24, 2.45) is 5.92 Å². The van der Waals surface area contributed by atoms with Gasteiger partial charge in [-0.05, 0) is 38.0 Å². The van der Waals surface area contributed by atoms with E-state index in [9.17, 15) is 18.0 Å². The van der Waals surface area contributed by atoms with Gasteiger partial charge in [0.05, 0.1) is 17.8 Å². The van der Waals surface area contributed by atoms with Crippen LogP contribution in [0.15, 0.2) is 34.9 Å². The van der Waals surface area contributed by atoms with E-state index < -0.39 is 15.6 Å². The number of carbonyl (C=O) groups is 2. The lowest BCUT2D eigenvalue weighted by molar-refractivity contribution is -0.116. The smallest absolute Gasteiger partial charge is 0.201 e. The van der Waals surface area contributed by atoms with Crippen LogP contribution in [0.1, 0.15) is 30.1 Å². The third-order valence-corrected chi connectivity index (χ3v) is 4.79. The second kappa shape index (κ2) is 6.84. The third-order valence-electron chi connectivity index (χ3n) is 3.41. The molecule has 0 bridgehead atoms. The van der Waals surface area contributed by atoms with Gasteiger partial charge in [0.1, 0.15) is 5.57 Å². The number of ketones is 2. The van der Waals surface area contributed by atoms with Crippen LogP contribution in [0.3, 0.4) is 0 Å². The Labute approximate surface area is 140 Å². The largest absolute Gasteiger partial charge is 0.501 e. The zero-order valence-electron chi connectivity index (χ0n) is 12.8. The fourth-order valence-electron chi connectivity index (χ4n) is 2.09. The van der Waals surface area contributed by atoms with Gasteiger partial charge in [-0.2, -0.15) is 0 Å². The summed E-state index contributed by atoms with van der Waals surface area (Å²) in [6.07, 6.45) is 3.58. The van der Waals surface area contributed by atoms with Crippen molar-refractivity contribution >= 4 is 33.0 Å². The Morgan fingerprint density at radius 3 is 2.52 bits per heavy atom. The zero-order valence-corrected chi connectivity index (χ0v) is 14.4. The summed E-state index contributed by atoms with van der Waals surface area (Å²) < 4.78 is 28.9. The van der Waals surface area contributed by atoms with Crippen molar-refractivity contribution in [2.75, 3.05) is 12.9 Å². The molecule has 0 saturated heterocycles. The molecular formula is C16H17ClO5S. The lowest BCUT2D eigenvalue weighted by Crippen LogP contribution is -2.18. The molecule has 1 aromatic rings. The number of benzene rings is 1. The number of hydrogen-bond acceptors (Lipinski definition) is 5. The monoisotopic (exact) mass is 356 g/mol. The summed E-state index contributed by atoms with van der Waals surface area (Å²) in [6, 6.07) is 3.95. The summed E-state index contributed by atoms with van der Waals surface area (Å²) in [6.45, 7) is 2.03. The molecule has 7 heteroatoms. The summed E-state index contributed by atoms with van der Waals surface area (Å²) in [7, 11) is -3.67. The standard InChI is InChI=1S/C16H17ClO5S/c1-3-22-9-13(15(18)10-4-5-10)16(19)12-7-6-11(17)8-14(12)23(2,20)21/h6-10H,3-5H2,1-2H3/b13-9-. The van der Waals surface area contributed by atoms with Crippen LogP contribution in [0, 0.1) is 5.92 Å². The molecule has 0 atom stereocenters. The molecule has 2 rings (SSSR count). The van der Waals surface area contributed by atoms with E-state index in [0.29, 0.717) is 6.61 Å². The maximum atomic E-state index is 12.7. The van der Waals surface area contributed by atoms with Crippen LogP contribution in [0.5, 0.6) is 0 Å². The first-order chi connectivity index (χ1) is 10.8. The van der Waals surface area contributed by atoms with Crippen molar-refractivity contribution in [3.8, 4) is 0 Å². The number of halogens is 1. The van der Waals surface area contributed by atoms with Gasteiger partial charge in [-0.15, -0.1) is 0 Å². The molecule has 0 N–H and O–H groups in total. The fourth-order valence-corrected chi connectivity index (χ4v) is 3.23. The van der Waals surface area contributed by atoms with E-state index in [1.807, 2.05) is 0 Å². The number of allylic oxidation sites excluding steroid dienone is 1. The number of Topliss-reactive ketones (excluding diaryl/α,β-unsaturated/α-hetero) is 2. The van der Waals surface area contributed by atoms with Gasteiger partial charge in [0.25, 0.3) is 0 Å². The second-order valence-electron chi connectivity index (χ2n) is 5.37. The molecule has 23 heavy (non-hydrogen) atoms. The summed E-state index contributed by atoms with van der Waals surface area (Å²) >= 11 is 5.83. The van der Waals surface area contributed by atoms with Crippen molar-refractivity contribution < 1.29 is 22.7 Å². The minimum atomic E-state index is -3.67. The maximum absolute atomic E-state index is 12.7. The van der Waals surface area contributed by atoms with Crippen LogP contribution in [-0.4, -0.2) is 32.8 Å². The molecule has 0 spiro atoms. The van der Waals surface area contributed by atoms with Crippen molar-refractivity contribution in [1.82, 2.24) is 0 Å². The molecule has 0 unspecified atom stereocenters. The van der Waals surface area contributed by atoms with Crippen molar-refractivity contribution in [3.63, 3.8) is 0 Å². The van der Waals surface area contributed by atoms with Crippen LogP contribution in [0.25, 0.3) is 0 Å². The summed E-state index contributed by atoms with van der Waals surface area (Å²) in [5.41, 5.74) is -0.196. The average molecular weight is 357 g/mol. The Hall–Kier alpha value is -1.66. The Morgan fingerprint density at radius 1 is 1.35 bits per heavy atom. The van der Waals surface area contributed by atoms with Crippen molar-refractivity contribution in [3.05, 3.63) is 40.6 Å². The fraction of sp³-hybridized carbons (Fsp3) is 0.375. The molecule has 0 heterocycles. The Balaban J connectivity index is 2.50. The molecular weight excluding hydrogens is 340 g/mol. The van der Waals surface area contributed by atoms with E-state index in [2.05, 4.69) is 0 Å². The lowest BCUT2D eigenvalue weighted by Gasteiger charge is -2.10. The summed E-state index contributed by atoms with van der Waals surface area (Å²) in [5.74, 6) is -1.15. The highest BCUT2D eigenvalue weighted by Gasteiger charge is 2.36. The van der Waals surface area contributed by atoms with Crippen LogP contribution in [-0.2, 0) is 19.4 Å². The normalized spacial score (nSPS) is 15.3. The van der Waals surface area contributed by atoms with Gasteiger partial charge < -0.3 is 4.74 Å². The Bertz CT molecular complexity index is 776. The average Bonchev–Trinajstić information content (AvgIpc) is 3.30. The molecule has 0 amide bonds. The topological polar surface area (TPSA) is 77.5 Å². The van der Waals surface area contributed by atoms with Gasteiger partial charge in [0.15, 0.2) is 15.6 Å². The molecule has 1 saturated carbocycles. The van der Waals surface area contributed by atoms with Gasteiger partial charge in [-0.25, -0.2) is 8.42 Å². The van der Waals surface area contributed by atoms with E-state index in [1.165, 1.54) is 18.2 Å². The number of sulfone groups is 1. The molecule has 1 fully saturated rings. The van der Waals surface area contributed by atoms with Crippen LogP contribution >= 0.6 is 11.6 Å². The Morgan fingerprint density at radius 2 is 2.00 bits per heavy atom. The van der Waals surface area contributed by atoms with Gasteiger partial charge in [-0.3, -0.25) is 9.59 Å². The predicted molar refractivity (Wildman–Crippen MR) is 86.3 cm³/mol. The quantitative estimate of drug-likeness (QED) is 0.247. The first kappa shape index (κ1) is 17.7. The molecule has 1 aliphatic rings. The van der Waals surface area contributed by atoms with Crippen molar-refractivity contribution in [2.45, 2.75) is 24.7 Å². The number of carbonyl (C=O) groups excluding carboxylic acids is 2. The number of ether oxygens (including phenoxy) is 1. The van der Waals surface area contributed by atoms with E-state index in [1.54, 1.807) is 6.92 Å². The van der Waals surface area contributed by atoms with E-state index >= 15 is 0 Å². The molecule has 0 radical (unpaired) electrons. The number of hydrogen-bond donors (Lipinski definition) is 0. The minimum Gasteiger partial charge on any atom is -0.501 e. The second-order valence-corrected chi connectivity index (χ2v) is 7.79. The third kappa shape index (κ3) is 4.20. The van der Waals surface area contributed by atoms with Crippen LogP contribution in [0.2, 0.25) is 5.02 Å². The first-order valence-electron chi connectivity index (χ1n) is 7.16. The highest BCUT2D eigenvalue weighted by Crippen LogP contribution is 2.34. The zero-order chi connectivity index (χ0) is 17.2. The molecule has 1 aliphatic carbocycles. The van der Waals surface area contributed by atoms with Gasteiger partial charge in [0, 0.05) is 22.8 Å². The van der Waals surface area contributed by atoms with E-state index in [0.717, 1.165) is 25.4 Å². The van der Waals surface area contributed by atoms with Crippen LogP contribution in [0.4, 0.5) is 0 Å². The predicted octanol–water partition coefficient (Wildman–Crippen LogP) is 2.83. The minimum absolute atomic E-state index is 0.0724. The Kier molecular flexibility index (Phi) is 5.26. The molecule has 1 aromatic carbocycles. The highest BCUT2D eigenvalue weighted by atomic mass is 35.5. The summed E-state index contributed by atoms with van der Waals surface area (Å²) in [5, 5.41) is 0.200. The van der Waals surface area contributed by atoms with Crippen molar-refractivity contribution in [1.29, 1.82) is 0 Å². The highest BCUT2D eigenvalue weighted by molar-refractivity contribution is 7.90. The molecule has 0 aliphatic heterocycles. The van der Waals surface area contributed by atoms with Gasteiger partial charge >= 0.3 is 0 Å². The number of rotatable bonds is 7. The first-order valence-corrected chi connectivity index (χ1v) is 9.43. The van der Waals surface area contributed by atoms with Gasteiger partial charge in [-0.1, -0.05) is 11.6 Å². The molecule has 5 nitrogen and oxygen atoms in total. The maximum Gasteiger partial charge on any atom is 0.201 e. The summed E-state index contributed by atoms with van der Waals surface area (Å²) in [4.78, 5) is 24.8. The van der Waals surface area contributed by atoms with Crippen LogP contribution < -0.4 is 0 Å². The SMILES string of the molecule is CCO/C=C(\C(=O)c1ccc(Cl)cc1S(C)(=O)=O)C(=O)C1CC1. The molecule has 0 aromatic heterocycles. The molecule has 124 valence electrons. The van der Waals surface area contributed by atoms with E-state index in [-0.39, 0.29) is 32.8 Å². The van der Waals surface area contributed by atoms with Gasteiger partial charge in [0.2, 0.25) is 5.78 Å².